The summed E-state index contributed by atoms with van der Waals surface area (Å²) in [7, 11) is 0. The fraction of sp³-hybridized carbons (Fsp3) is 0.400. The number of aromatic nitrogens is 1. The number of ether oxygens (including phenoxy) is 2. The molecule has 6 heteroatoms. The van der Waals surface area contributed by atoms with Gasteiger partial charge < -0.3 is 9.47 Å². The van der Waals surface area contributed by atoms with Gasteiger partial charge >= 0.3 is 5.97 Å². The van der Waals surface area contributed by atoms with E-state index in [2.05, 4.69) is 4.98 Å². The van der Waals surface area contributed by atoms with Crippen molar-refractivity contribution in [1.82, 2.24) is 4.98 Å². The number of hydrogen-bond donors (Lipinski definition) is 0. The van der Waals surface area contributed by atoms with Crippen LogP contribution in [0, 0.1) is 0 Å². The van der Waals surface area contributed by atoms with E-state index in [1.54, 1.807) is 0 Å². The van der Waals surface area contributed by atoms with Crippen LogP contribution in [0.25, 0.3) is 0 Å². The molecule has 1 rings (SSSR count). The molecule has 0 bridgehead atoms. The molecule has 4 nitrogen and oxygen atoms in total. The quantitative estimate of drug-likeness (QED) is 0.466. The molecule has 0 fully saturated rings. The van der Waals surface area contributed by atoms with Crippen LogP contribution in [-0.2, 0) is 9.47 Å². The van der Waals surface area contributed by atoms with Gasteiger partial charge in [-0.1, -0.05) is 23.2 Å². The highest BCUT2D eigenvalue weighted by molar-refractivity contribution is 6.32. The van der Waals surface area contributed by atoms with Crippen LogP contribution in [0.15, 0.2) is 12.1 Å². The monoisotopic (exact) mass is 263 g/mol. The molecule has 88 valence electrons. The summed E-state index contributed by atoms with van der Waals surface area (Å²) in [6, 6.07) is 2.80. The van der Waals surface area contributed by atoms with E-state index in [-0.39, 0.29) is 22.5 Å². The molecule has 0 amide bonds. The Morgan fingerprint density at radius 1 is 1.31 bits per heavy atom. The lowest BCUT2D eigenvalue weighted by molar-refractivity contribution is 0.0335. The van der Waals surface area contributed by atoms with Crippen LogP contribution < -0.4 is 0 Å². The van der Waals surface area contributed by atoms with Crippen molar-refractivity contribution in [3.8, 4) is 0 Å². The average Bonchev–Trinajstić information content (AvgIpc) is 2.22. The van der Waals surface area contributed by atoms with Gasteiger partial charge in [0.05, 0.1) is 12.2 Å². The van der Waals surface area contributed by atoms with Gasteiger partial charge in [-0.15, -0.1) is 0 Å². The second-order valence-electron chi connectivity index (χ2n) is 2.83. The fourth-order valence-corrected chi connectivity index (χ4v) is 1.46. The SMILES string of the molecule is CCOCCOC(=O)c1cc(Cl)nc(Cl)c1. The lowest BCUT2D eigenvalue weighted by Gasteiger charge is -2.05. The Morgan fingerprint density at radius 2 is 1.94 bits per heavy atom. The highest BCUT2D eigenvalue weighted by Crippen LogP contribution is 2.15. The van der Waals surface area contributed by atoms with Crippen molar-refractivity contribution in [2.75, 3.05) is 19.8 Å². The largest absolute Gasteiger partial charge is 0.460 e. The minimum atomic E-state index is -0.495. The number of hydrogen-bond acceptors (Lipinski definition) is 4. The molecule has 0 aromatic carbocycles. The smallest absolute Gasteiger partial charge is 0.338 e. The Hall–Kier alpha value is -0.840. The predicted octanol–water partition coefficient (Wildman–Crippen LogP) is 2.58. The molecule has 1 heterocycles. The fourth-order valence-electron chi connectivity index (χ4n) is 1.00. The molecule has 1 aromatic rings. The lowest BCUT2D eigenvalue weighted by atomic mass is 10.3. The first-order chi connectivity index (χ1) is 7.63. The van der Waals surface area contributed by atoms with Crippen molar-refractivity contribution in [3.05, 3.63) is 28.0 Å². The first-order valence-electron chi connectivity index (χ1n) is 4.71. The van der Waals surface area contributed by atoms with E-state index in [1.165, 1.54) is 12.1 Å². The summed E-state index contributed by atoms with van der Waals surface area (Å²) in [4.78, 5) is 15.2. The highest BCUT2D eigenvalue weighted by Gasteiger charge is 2.09. The van der Waals surface area contributed by atoms with Gasteiger partial charge in [0.2, 0.25) is 0 Å². The van der Waals surface area contributed by atoms with Crippen LogP contribution in [0.4, 0.5) is 0 Å². The number of rotatable bonds is 5. The topological polar surface area (TPSA) is 48.4 Å². The van der Waals surface area contributed by atoms with Gasteiger partial charge in [-0.3, -0.25) is 0 Å². The third-order valence-corrected chi connectivity index (χ3v) is 2.05. The van der Waals surface area contributed by atoms with Crippen molar-refractivity contribution in [1.29, 1.82) is 0 Å². The van der Waals surface area contributed by atoms with E-state index in [4.69, 9.17) is 32.7 Å². The van der Waals surface area contributed by atoms with E-state index in [1.807, 2.05) is 6.92 Å². The summed E-state index contributed by atoms with van der Waals surface area (Å²) >= 11 is 11.3. The number of pyridine rings is 1. The zero-order chi connectivity index (χ0) is 12.0. The Labute approximate surface area is 103 Å². The van der Waals surface area contributed by atoms with Gasteiger partial charge in [0.25, 0.3) is 0 Å². The Balaban J connectivity index is 2.52. The van der Waals surface area contributed by atoms with Crippen molar-refractivity contribution in [2.45, 2.75) is 6.92 Å². The molecule has 0 spiro atoms. The average molecular weight is 264 g/mol. The molecule has 0 saturated heterocycles. The second kappa shape index (κ2) is 6.68. The maximum atomic E-state index is 11.5. The molecule has 0 radical (unpaired) electrons. The maximum Gasteiger partial charge on any atom is 0.338 e. The first-order valence-corrected chi connectivity index (χ1v) is 5.47. The summed E-state index contributed by atoms with van der Waals surface area (Å²) in [5.41, 5.74) is 0.279. The molecule has 0 saturated carbocycles. The summed E-state index contributed by atoms with van der Waals surface area (Å²) in [6.07, 6.45) is 0. The molecule has 0 aliphatic heterocycles. The molecular formula is C10H11Cl2NO3. The van der Waals surface area contributed by atoms with Crippen molar-refractivity contribution < 1.29 is 14.3 Å². The molecule has 0 unspecified atom stereocenters. The van der Waals surface area contributed by atoms with Crippen molar-refractivity contribution in [2.24, 2.45) is 0 Å². The van der Waals surface area contributed by atoms with Gasteiger partial charge in [-0.05, 0) is 19.1 Å². The minimum absolute atomic E-state index is 0.157. The predicted molar refractivity (Wildman–Crippen MR) is 61.0 cm³/mol. The number of carbonyl (C=O) groups is 1. The second-order valence-corrected chi connectivity index (χ2v) is 3.61. The normalized spacial score (nSPS) is 10.2. The zero-order valence-electron chi connectivity index (χ0n) is 8.70. The van der Waals surface area contributed by atoms with Gasteiger partial charge in [-0.25, -0.2) is 9.78 Å². The van der Waals surface area contributed by atoms with Crippen LogP contribution in [0.5, 0.6) is 0 Å². The van der Waals surface area contributed by atoms with Gasteiger partial charge in [-0.2, -0.15) is 0 Å². The lowest BCUT2D eigenvalue weighted by Crippen LogP contribution is -2.11. The molecular weight excluding hydrogens is 253 g/mol. The third kappa shape index (κ3) is 4.35. The van der Waals surface area contributed by atoms with Gasteiger partial charge in [0.15, 0.2) is 0 Å². The number of nitrogens with zero attached hydrogens (tertiary/aromatic N) is 1. The Bertz CT molecular complexity index is 351. The van der Waals surface area contributed by atoms with Crippen molar-refractivity contribution >= 4 is 29.2 Å². The van der Waals surface area contributed by atoms with Crippen LogP contribution in [0.3, 0.4) is 0 Å². The zero-order valence-corrected chi connectivity index (χ0v) is 10.2. The summed E-state index contributed by atoms with van der Waals surface area (Å²) in [5, 5.41) is 0.313. The first kappa shape index (κ1) is 13.2. The maximum absolute atomic E-state index is 11.5. The summed E-state index contributed by atoms with van der Waals surface area (Å²) < 4.78 is 9.96. The summed E-state index contributed by atoms with van der Waals surface area (Å²) in [6.45, 7) is 3.02. The van der Waals surface area contributed by atoms with E-state index in [0.29, 0.717) is 13.2 Å². The minimum Gasteiger partial charge on any atom is -0.460 e. The molecule has 16 heavy (non-hydrogen) atoms. The van der Waals surface area contributed by atoms with E-state index in [9.17, 15) is 4.79 Å². The standard InChI is InChI=1S/C10H11Cl2NO3/c1-2-15-3-4-16-10(14)7-5-8(11)13-9(12)6-7/h5-6H,2-4H2,1H3. The Kier molecular flexibility index (Phi) is 5.52. The molecule has 1 aromatic heterocycles. The third-order valence-electron chi connectivity index (χ3n) is 1.66. The van der Waals surface area contributed by atoms with E-state index >= 15 is 0 Å². The number of halogens is 2. The molecule has 0 N–H and O–H groups in total. The van der Waals surface area contributed by atoms with E-state index in [0.717, 1.165) is 0 Å². The van der Waals surface area contributed by atoms with Crippen LogP contribution in [0.2, 0.25) is 10.3 Å². The molecule has 0 aliphatic carbocycles. The molecule has 0 aliphatic rings. The molecule has 0 atom stereocenters. The van der Waals surface area contributed by atoms with Crippen molar-refractivity contribution in [3.63, 3.8) is 0 Å². The van der Waals surface area contributed by atoms with E-state index < -0.39 is 5.97 Å². The van der Waals surface area contributed by atoms with Crippen LogP contribution in [-0.4, -0.2) is 30.8 Å². The van der Waals surface area contributed by atoms with Gasteiger partial charge in [0.1, 0.15) is 16.9 Å². The number of carbonyl (C=O) groups excluding carboxylic acids is 1. The Morgan fingerprint density at radius 3 is 2.50 bits per heavy atom. The van der Waals surface area contributed by atoms with Gasteiger partial charge in [0, 0.05) is 6.61 Å². The van der Waals surface area contributed by atoms with Crippen LogP contribution in [0.1, 0.15) is 17.3 Å². The number of esters is 1. The highest BCUT2D eigenvalue weighted by atomic mass is 35.5. The van der Waals surface area contributed by atoms with Crippen LogP contribution >= 0.6 is 23.2 Å². The summed E-state index contributed by atoms with van der Waals surface area (Å²) in [5.74, 6) is -0.495.